The van der Waals surface area contributed by atoms with Crippen molar-refractivity contribution in [2.75, 3.05) is 0 Å². The molecule has 0 aliphatic rings. The van der Waals surface area contributed by atoms with Crippen molar-refractivity contribution in [3.05, 3.63) is 22.4 Å². The van der Waals surface area contributed by atoms with E-state index in [1.54, 1.807) is 20.8 Å². The van der Waals surface area contributed by atoms with E-state index in [2.05, 4.69) is 0 Å². The number of carbonyl (C=O) groups is 2. The number of carboxylic acid groups (broad SMARTS) is 1. The Kier molecular flexibility index (Phi) is 4.90. The minimum absolute atomic E-state index is 0.0928. The van der Waals surface area contributed by atoms with Crippen LogP contribution in [0.1, 0.15) is 32.1 Å². The van der Waals surface area contributed by atoms with E-state index in [9.17, 15) is 9.59 Å². The Labute approximate surface area is 111 Å². The van der Waals surface area contributed by atoms with Gasteiger partial charge in [0.05, 0.1) is 12.3 Å². The van der Waals surface area contributed by atoms with E-state index in [-0.39, 0.29) is 6.42 Å². The van der Waals surface area contributed by atoms with Crippen LogP contribution in [0.3, 0.4) is 0 Å². The molecule has 0 fully saturated rings. The lowest BCUT2D eigenvalue weighted by Gasteiger charge is -2.20. The summed E-state index contributed by atoms with van der Waals surface area (Å²) in [5, 5.41) is 11.0. The molecule has 0 saturated heterocycles. The lowest BCUT2D eigenvalue weighted by molar-refractivity contribution is -0.159. The predicted octanol–water partition coefficient (Wildman–Crippen LogP) is 2.72. The minimum Gasteiger partial charge on any atom is -0.481 e. The molecule has 0 saturated carbocycles. The maximum atomic E-state index is 11.6. The second-order valence-electron chi connectivity index (χ2n) is 5.11. The summed E-state index contributed by atoms with van der Waals surface area (Å²) in [6.45, 7) is 5.29. The Morgan fingerprint density at radius 2 is 2.11 bits per heavy atom. The second kappa shape index (κ2) is 6.00. The van der Waals surface area contributed by atoms with Crippen molar-refractivity contribution in [1.29, 1.82) is 0 Å². The van der Waals surface area contributed by atoms with Gasteiger partial charge in [-0.15, -0.1) is 11.3 Å². The molecule has 1 aromatic heterocycles. The number of esters is 1. The molecular weight excluding hydrogens is 252 g/mol. The quantitative estimate of drug-likeness (QED) is 0.836. The fraction of sp³-hybridized carbons (Fsp3) is 0.538. The maximum absolute atomic E-state index is 11.6. The summed E-state index contributed by atoms with van der Waals surface area (Å²) in [5.74, 6) is -2.15. The van der Waals surface area contributed by atoms with E-state index in [1.165, 1.54) is 11.3 Å². The number of hydrogen-bond donors (Lipinski definition) is 1. The van der Waals surface area contributed by atoms with E-state index in [0.29, 0.717) is 6.42 Å². The Balaban J connectivity index is 2.58. The summed E-state index contributed by atoms with van der Waals surface area (Å²) >= 11 is 1.49. The van der Waals surface area contributed by atoms with Crippen LogP contribution in [-0.4, -0.2) is 22.6 Å². The summed E-state index contributed by atoms with van der Waals surface area (Å²) in [4.78, 5) is 23.7. The molecule has 4 nitrogen and oxygen atoms in total. The molecule has 0 amide bonds. The molecule has 100 valence electrons. The van der Waals surface area contributed by atoms with Gasteiger partial charge >= 0.3 is 11.9 Å². The highest BCUT2D eigenvalue weighted by Crippen LogP contribution is 2.19. The minimum atomic E-state index is -0.964. The number of carbonyl (C=O) groups excluding carboxylic acids is 1. The Hall–Kier alpha value is -1.36. The maximum Gasteiger partial charge on any atom is 0.307 e. The third kappa shape index (κ3) is 5.31. The van der Waals surface area contributed by atoms with Crippen molar-refractivity contribution < 1.29 is 19.4 Å². The normalized spacial score (nSPS) is 13.1. The first-order valence-corrected chi connectivity index (χ1v) is 6.63. The highest BCUT2D eigenvalue weighted by atomic mass is 32.1. The molecule has 0 radical (unpaired) electrons. The van der Waals surface area contributed by atoms with Crippen LogP contribution in [-0.2, 0) is 20.7 Å². The number of carboxylic acids is 1. The molecular formula is C13H18O4S. The van der Waals surface area contributed by atoms with Crippen LogP contribution < -0.4 is 0 Å². The summed E-state index contributed by atoms with van der Waals surface area (Å²) in [6.07, 6.45) is 0.275. The zero-order chi connectivity index (χ0) is 13.8. The summed E-state index contributed by atoms with van der Waals surface area (Å²) < 4.78 is 5.14. The fourth-order valence-corrected chi connectivity index (χ4v) is 2.29. The SMILES string of the molecule is CC(C)(C)OC(=O)CC(Cc1cccs1)C(=O)O. The van der Waals surface area contributed by atoms with Crippen molar-refractivity contribution in [1.82, 2.24) is 0 Å². The van der Waals surface area contributed by atoms with Crippen LogP contribution in [0.5, 0.6) is 0 Å². The molecule has 1 N–H and O–H groups in total. The van der Waals surface area contributed by atoms with Gasteiger partial charge in [0.15, 0.2) is 0 Å². The Morgan fingerprint density at radius 1 is 1.44 bits per heavy atom. The average molecular weight is 270 g/mol. The molecule has 1 unspecified atom stereocenters. The van der Waals surface area contributed by atoms with Crippen molar-refractivity contribution in [3.63, 3.8) is 0 Å². The van der Waals surface area contributed by atoms with Gasteiger partial charge in [-0.3, -0.25) is 9.59 Å². The summed E-state index contributed by atoms with van der Waals surface area (Å²) in [5.41, 5.74) is -0.580. The van der Waals surface area contributed by atoms with Crippen LogP contribution in [0.15, 0.2) is 17.5 Å². The lowest BCUT2D eigenvalue weighted by atomic mass is 10.0. The first kappa shape index (κ1) is 14.7. The number of thiophene rings is 1. The van der Waals surface area contributed by atoms with Crippen LogP contribution in [0, 0.1) is 5.92 Å². The Bertz CT molecular complexity index is 403. The van der Waals surface area contributed by atoms with Crippen LogP contribution >= 0.6 is 11.3 Å². The third-order valence-electron chi connectivity index (χ3n) is 2.21. The summed E-state index contributed by atoms with van der Waals surface area (Å²) in [6, 6.07) is 3.74. The van der Waals surface area contributed by atoms with E-state index in [4.69, 9.17) is 9.84 Å². The average Bonchev–Trinajstić information content (AvgIpc) is 2.66. The van der Waals surface area contributed by atoms with Crippen molar-refractivity contribution in [3.8, 4) is 0 Å². The molecule has 0 aliphatic heterocycles. The number of rotatable bonds is 5. The molecule has 0 spiro atoms. The zero-order valence-electron chi connectivity index (χ0n) is 10.8. The van der Waals surface area contributed by atoms with Crippen molar-refractivity contribution in [2.45, 2.75) is 39.2 Å². The highest BCUT2D eigenvalue weighted by Gasteiger charge is 2.25. The van der Waals surface area contributed by atoms with Gasteiger partial charge in [-0.05, 0) is 38.6 Å². The van der Waals surface area contributed by atoms with Gasteiger partial charge < -0.3 is 9.84 Å². The van der Waals surface area contributed by atoms with Crippen molar-refractivity contribution >= 4 is 23.3 Å². The first-order chi connectivity index (χ1) is 8.28. The predicted molar refractivity (Wildman–Crippen MR) is 69.6 cm³/mol. The summed E-state index contributed by atoms with van der Waals surface area (Å²) in [7, 11) is 0. The van der Waals surface area contributed by atoms with Crippen LogP contribution in [0.25, 0.3) is 0 Å². The van der Waals surface area contributed by atoms with E-state index in [1.807, 2.05) is 17.5 Å². The smallest absolute Gasteiger partial charge is 0.307 e. The van der Waals surface area contributed by atoms with Gasteiger partial charge in [0, 0.05) is 4.88 Å². The molecule has 1 aromatic rings. The van der Waals surface area contributed by atoms with Gasteiger partial charge in [-0.2, -0.15) is 0 Å². The standard InChI is InChI=1S/C13H18O4S/c1-13(2,3)17-11(14)8-9(12(15)16)7-10-5-4-6-18-10/h4-6,9H,7-8H2,1-3H3,(H,15,16). The van der Waals surface area contributed by atoms with Crippen LogP contribution in [0.4, 0.5) is 0 Å². The molecule has 1 heterocycles. The van der Waals surface area contributed by atoms with Gasteiger partial charge in [0.2, 0.25) is 0 Å². The lowest BCUT2D eigenvalue weighted by Crippen LogP contribution is -2.28. The van der Waals surface area contributed by atoms with Gasteiger partial charge in [0.25, 0.3) is 0 Å². The Morgan fingerprint density at radius 3 is 2.56 bits per heavy atom. The van der Waals surface area contributed by atoms with Gasteiger partial charge in [-0.1, -0.05) is 6.07 Å². The molecule has 18 heavy (non-hydrogen) atoms. The van der Waals surface area contributed by atoms with E-state index < -0.39 is 23.5 Å². The molecule has 1 atom stereocenters. The number of hydrogen-bond acceptors (Lipinski definition) is 4. The molecule has 5 heteroatoms. The second-order valence-corrected chi connectivity index (χ2v) is 6.14. The van der Waals surface area contributed by atoms with Crippen LogP contribution in [0.2, 0.25) is 0 Å². The third-order valence-corrected chi connectivity index (χ3v) is 3.11. The largest absolute Gasteiger partial charge is 0.481 e. The molecule has 0 bridgehead atoms. The van der Waals surface area contributed by atoms with E-state index >= 15 is 0 Å². The number of ether oxygens (including phenoxy) is 1. The molecule has 0 aromatic carbocycles. The number of aliphatic carboxylic acids is 1. The van der Waals surface area contributed by atoms with E-state index in [0.717, 1.165) is 4.88 Å². The zero-order valence-corrected chi connectivity index (χ0v) is 11.6. The highest BCUT2D eigenvalue weighted by molar-refractivity contribution is 7.09. The first-order valence-electron chi connectivity index (χ1n) is 5.75. The van der Waals surface area contributed by atoms with Gasteiger partial charge in [-0.25, -0.2) is 0 Å². The monoisotopic (exact) mass is 270 g/mol. The topological polar surface area (TPSA) is 63.6 Å². The molecule has 1 rings (SSSR count). The van der Waals surface area contributed by atoms with Gasteiger partial charge in [0.1, 0.15) is 5.60 Å². The molecule has 0 aliphatic carbocycles. The fourth-order valence-electron chi connectivity index (χ4n) is 1.50. The van der Waals surface area contributed by atoms with Crippen molar-refractivity contribution in [2.24, 2.45) is 5.92 Å².